The van der Waals surface area contributed by atoms with Crippen LogP contribution in [0.15, 0.2) is 55.0 Å². The lowest BCUT2D eigenvalue weighted by atomic mass is 10.1. The Kier molecular flexibility index (Phi) is 5.47. The molecular weight excluding hydrogens is 456 g/mol. The van der Waals surface area contributed by atoms with Gasteiger partial charge in [0, 0.05) is 29.7 Å². The van der Waals surface area contributed by atoms with Crippen molar-refractivity contribution in [2.75, 3.05) is 30.7 Å². The number of benzene rings is 1. The number of imidazole rings is 1. The molecule has 0 spiro atoms. The molecule has 6 rings (SSSR count). The molecule has 1 amide bonds. The Bertz CT molecular complexity index is 1490. The van der Waals surface area contributed by atoms with E-state index in [0.717, 1.165) is 5.56 Å². The highest BCUT2D eigenvalue weighted by molar-refractivity contribution is 6.04. The fourth-order valence-corrected chi connectivity index (χ4v) is 4.57. The number of carbonyl (C=O) groups excluding carboxylic acids is 1. The average molecular weight is 481 g/mol. The topological polar surface area (TPSA) is 134 Å². The number of nitrogen functional groups attached to an aromatic ring is 1. The Hall–Kier alpha value is -4.49. The monoisotopic (exact) mass is 480 g/mol. The summed E-state index contributed by atoms with van der Waals surface area (Å²) in [6.07, 6.45) is 9.31. The first-order valence-electron chi connectivity index (χ1n) is 11.9. The van der Waals surface area contributed by atoms with Crippen LogP contribution in [0, 0.1) is 11.5 Å². The van der Waals surface area contributed by atoms with Gasteiger partial charge in [0.15, 0.2) is 6.19 Å². The highest BCUT2D eigenvalue weighted by Crippen LogP contribution is 2.40. The second kappa shape index (κ2) is 8.94. The highest BCUT2D eigenvalue weighted by Gasteiger charge is 2.28. The Balaban J connectivity index is 1.29. The van der Waals surface area contributed by atoms with E-state index >= 15 is 0 Å². The fraction of sp³-hybridized carbons (Fsp3) is 0.269. The van der Waals surface area contributed by atoms with Gasteiger partial charge in [-0.05, 0) is 48.6 Å². The van der Waals surface area contributed by atoms with Crippen molar-refractivity contribution in [1.29, 1.82) is 5.26 Å². The molecule has 1 saturated carbocycles. The summed E-state index contributed by atoms with van der Waals surface area (Å²) in [6, 6.07) is 11.1. The number of nitrogens with two attached hydrogens (primary N) is 1. The molecule has 36 heavy (non-hydrogen) atoms. The van der Waals surface area contributed by atoms with Crippen LogP contribution in [0.25, 0.3) is 16.8 Å². The molecule has 0 radical (unpaired) electrons. The summed E-state index contributed by atoms with van der Waals surface area (Å²) in [6.45, 7) is 1.40. The molecule has 0 unspecified atom stereocenters. The van der Waals surface area contributed by atoms with Crippen LogP contribution < -0.4 is 11.1 Å². The molecule has 1 aliphatic carbocycles. The molecule has 4 aromatic rings. The minimum atomic E-state index is -0.384. The van der Waals surface area contributed by atoms with Gasteiger partial charge in [-0.15, -0.1) is 0 Å². The van der Waals surface area contributed by atoms with Gasteiger partial charge in [0.25, 0.3) is 5.91 Å². The van der Waals surface area contributed by atoms with Gasteiger partial charge in [0.05, 0.1) is 19.7 Å². The lowest BCUT2D eigenvalue weighted by Crippen LogP contribution is -2.35. The number of morpholine rings is 1. The normalized spacial score (nSPS) is 17.6. The maximum absolute atomic E-state index is 12.8. The second-order valence-corrected chi connectivity index (χ2v) is 9.04. The van der Waals surface area contributed by atoms with Gasteiger partial charge >= 0.3 is 0 Å². The van der Waals surface area contributed by atoms with Crippen molar-refractivity contribution in [3.8, 4) is 17.5 Å². The van der Waals surface area contributed by atoms with E-state index in [9.17, 15) is 10.1 Å². The molecule has 2 fully saturated rings. The molecule has 1 atom stereocenters. The molecular formula is C26H24N8O2. The molecule has 0 bridgehead atoms. The summed E-state index contributed by atoms with van der Waals surface area (Å²) in [5, 5.41) is 12.2. The maximum atomic E-state index is 12.8. The quantitative estimate of drug-likeness (QED) is 0.415. The summed E-state index contributed by atoms with van der Waals surface area (Å²) >= 11 is 0. The predicted octanol–water partition coefficient (Wildman–Crippen LogP) is 3.36. The van der Waals surface area contributed by atoms with Gasteiger partial charge in [-0.1, -0.05) is 12.1 Å². The third-order valence-electron chi connectivity index (χ3n) is 6.60. The zero-order valence-electron chi connectivity index (χ0n) is 19.5. The zero-order valence-corrected chi connectivity index (χ0v) is 19.5. The summed E-state index contributed by atoms with van der Waals surface area (Å²) in [7, 11) is 0. The average Bonchev–Trinajstić information content (AvgIpc) is 3.69. The van der Waals surface area contributed by atoms with Gasteiger partial charge in [-0.3, -0.25) is 9.20 Å². The van der Waals surface area contributed by atoms with E-state index in [1.807, 2.05) is 28.7 Å². The maximum Gasteiger partial charge on any atom is 0.256 e. The van der Waals surface area contributed by atoms with Crippen molar-refractivity contribution in [2.45, 2.75) is 24.9 Å². The van der Waals surface area contributed by atoms with Gasteiger partial charge in [0.1, 0.15) is 34.8 Å². The Labute approximate surface area is 207 Å². The molecule has 2 aliphatic rings. The van der Waals surface area contributed by atoms with E-state index in [-0.39, 0.29) is 12.0 Å². The van der Waals surface area contributed by atoms with E-state index in [1.165, 1.54) is 18.4 Å². The summed E-state index contributed by atoms with van der Waals surface area (Å²) < 4.78 is 7.79. The van der Waals surface area contributed by atoms with E-state index in [0.29, 0.717) is 59.8 Å². The van der Waals surface area contributed by atoms with Crippen LogP contribution >= 0.6 is 0 Å². The molecule has 3 N–H and O–H groups in total. The number of hydrogen-bond donors (Lipinski definition) is 2. The van der Waals surface area contributed by atoms with Crippen molar-refractivity contribution in [2.24, 2.45) is 0 Å². The van der Waals surface area contributed by atoms with Crippen LogP contribution in [0.4, 0.5) is 11.6 Å². The van der Waals surface area contributed by atoms with E-state index in [1.54, 1.807) is 35.6 Å². The first-order chi connectivity index (χ1) is 17.6. The first kappa shape index (κ1) is 22.0. The largest absolute Gasteiger partial charge is 0.382 e. The summed E-state index contributed by atoms with van der Waals surface area (Å²) in [4.78, 5) is 27.9. The number of nitriles is 1. The molecule has 3 aromatic heterocycles. The smallest absolute Gasteiger partial charge is 0.256 e. The van der Waals surface area contributed by atoms with Crippen LogP contribution in [0.5, 0.6) is 0 Å². The Morgan fingerprint density at radius 2 is 2.00 bits per heavy atom. The Morgan fingerprint density at radius 1 is 1.17 bits per heavy atom. The fourth-order valence-electron chi connectivity index (χ4n) is 4.57. The van der Waals surface area contributed by atoms with E-state index in [2.05, 4.69) is 21.5 Å². The number of amides is 1. The van der Waals surface area contributed by atoms with Gasteiger partial charge < -0.3 is 20.7 Å². The molecule has 1 saturated heterocycles. The number of fused-ring (bicyclic) bond motifs is 1. The number of nitrogens with zero attached hydrogens (tertiary/aromatic N) is 6. The number of nitrogens with one attached hydrogen (secondary N) is 1. The number of anilines is 2. The van der Waals surface area contributed by atoms with Crippen molar-refractivity contribution in [3.63, 3.8) is 0 Å². The number of ether oxygens (including phenoxy) is 1. The number of carbonyl (C=O) groups is 1. The number of pyridine rings is 1. The molecule has 4 heterocycles. The summed E-state index contributed by atoms with van der Waals surface area (Å²) in [5.41, 5.74) is 10.0. The van der Waals surface area contributed by atoms with Gasteiger partial charge in [-0.2, -0.15) is 5.26 Å². The minimum Gasteiger partial charge on any atom is -0.382 e. The lowest BCUT2D eigenvalue weighted by Gasteiger charge is -2.28. The number of hydrogen-bond acceptors (Lipinski definition) is 8. The van der Waals surface area contributed by atoms with E-state index < -0.39 is 0 Å². The van der Waals surface area contributed by atoms with Gasteiger partial charge in [0.2, 0.25) is 0 Å². The van der Waals surface area contributed by atoms with Crippen molar-refractivity contribution in [3.05, 3.63) is 71.9 Å². The summed E-state index contributed by atoms with van der Waals surface area (Å²) in [5.74, 6) is 1.89. The second-order valence-electron chi connectivity index (χ2n) is 9.04. The standard InChI is InChI=1S/C26H24N8O2/c27-15-33-11-12-36-20(14-33)25-32-22(23-24(28)30-9-10-34(23)25)17-3-5-18(6-4-17)26(35)31-21-13-19(7-8-29-21)16-1-2-16/h3-10,13,16,20H,1-2,11-12,14H2,(H2,28,30)(H,29,31,35)/t20-/m1/s1. The van der Waals surface area contributed by atoms with Gasteiger partial charge in [-0.25, -0.2) is 15.0 Å². The SMILES string of the molecule is N#CN1CCO[C@@H](c2nc(-c3ccc(C(=O)Nc4cc(C5CC5)ccn4)cc3)c3c(N)nccn23)C1. The number of rotatable bonds is 5. The zero-order chi connectivity index (χ0) is 24.6. The van der Waals surface area contributed by atoms with Crippen LogP contribution in [-0.2, 0) is 4.74 Å². The minimum absolute atomic E-state index is 0.231. The molecule has 1 aliphatic heterocycles. The first-order valence-corrected chi connectivity index (χ1v) is 11.9. The molecule has 1 aromatic carbocycles. The van der Waals surface area contributed by atoms with Crippen molar-refractivity contribution in [1.82, 2.24) is 24.3 Å². The van der Waals surface area contributed by atoms with Crippen LogP contribution in [0.3, 0.4) is 0 Å². The third-order valence-corrected chi connectivity index (χ3v) is 6.60. The predicted molar refractivity (Wildman–Crippen MR) is 133 cm³/mol. The Morgan fingerprint density at radius 3 is 2.78 bits per heavy atom. The van der Waals surface area contributed by atoms with Crippen LogP contribution in [0.1, 0.15) is 46.6 Å². The lowest BCUT2D eigenvalue weighted by molar-refractivity contribution is -0.0161. The molecule has 10 heteroatoms. The van der Waals surface area contributed by atoms with Crippen LogP contribution in [0.2, 0.25) is 0 Å². The highest BCUT2D eigenvalue weighted by atomic mass is 16.5. The van der Waals surface area contributed by atoms with E-state index in [4.69, 9.17) is 15.5 Å². The molecule has 10 nitrogen and oxygen atoms in total. The van der Waals surface area contributed by atoms with Crippen LogP contribution in [-0.4, -0.2) is 49.9 Å². The van der Waals surface area contributed by atoms with Crippen molar-refractivity contribution < 1.29 is 9.53 Å². The molecule has 180 valence electrons. The third kappa shape index (κ3) is 4.10. The number of aromatic nitrogens is 4. The van der Waals surface area contributed by atoms with Crippen molar-refractivity contribution >= 4 is 23.1 Å².